The molecule has 27 heavy (non-hydrogen) atoms. The van der Waals surface area contributed by atoms with E-state index in [2.05, 4.69) is 15.6 Å². The Morgan fingerprint density at radius 3 is 2.63 bits per heavy atom. The lowest BCUT2D eigenvalue weighted by molar-refractivity contribution is 0.236. The van der Waals surface area contributed by atoms with E-state index in [1.165, 1.54) is 0 Å². The summed E-state index contributed by atoms with van der Waals surface area (Å²) in [5.41, 5.74) is 1.88. The molecular formula is C21H23N3O3. The van der Waals surface area contributed by atoms with E-state index in [-0.39, 0.29) is 6.03 Å². The van der Waals surface area contributed by atoms with Gasteiger partial charge in [0.2, 0.25) is 0 Å². The summed E-state index contributed by atoms with van der Waals surface area (Å²) in [4.78, 5) is 16.2. The zero-order valence-electron chi connectivity index (χ0n) is 15.3. The van der Waals surface area contributed by atoms with E-state index in [0.29, 0.717) is 31.9 Å². The number of urea groups is 1. The van der Waals surface area contributed by atoms with Crippen molar-refractivity contribution in [1.29, 1.82) is 0 Å². The molecule has 0 aliphatic rings. The largest absolute Gasteiger partial charge is 0.496 e. The molecule has 0 saturated heterocycles. The fraction of sp³-hybridized carbons (Fsp3) is 0.238. The Balaban J connectivity index is 1.38. The minimum atomic E-state index is -0.218. The molecule has 3 aromatic rings. The molecule has 0 aliphatic heterocycles. The van der Waals surface area contributed by atoms with Crippen LogP contribution in [0.3, 0.4) is 0 Å². The number of nitrogens with zero attached hydrogens (tertiary/aromatic N) is 1. The maximum absolute atomic E-state index is 11.9. The SMILES string of the molecule is COc1ccccc1CCNC(=O)NCCOc1cccc2cccnc12. The highest BCUT2D eigenvalue weighted by atomic mass is 16.5. The summed E-state index contributed by atoms with van der Waals surface area (Å²) in [7, 11) is 1.64. The molecule has 0 atom stereocenters. The molecule has 0 spiro atoms. The highest BCUT2D eigenvalue weighted by Crippen LogP contribution is 2.22. The molecule has 2 aromatic carbocycles. The maximum atomic E-state index is 11.9. The molecule has 0 fully saturated rings. The second-order valence-corrected chi connectivity index (χ2v) is 5.92. The van der Waals surface area contributed by atoms with Crippen LogP contribution in [-0.4, -0.2) is 37.8 Å². The number of fused-ring (bicyclic) bond motifs is 1. The third-order valence-electron chi connectivity index (χ3n) is 4.11. The summed E-state index contributed by atoms with van der Waals surface area (Å²) in [5.74, 6) is 1.54. The molecule has 0 aliphatic carbocycles. The van der Waals surface area contributed by atoms with E-state index in [1.54, 1.807) is 13.3 Å². The molecule has 2 N–H and O–H groups in total. The van der Waals surface area contributed by atoms with Crippen LogP contribution < -0.4 is 20.1 Å². The van der Waals surface area contributed by atoms with Gasteiger partial charge in [-0.05, 0) is 30.2 Å². The Bertz CT molecular complexity index is 893. The number of ether oxygens (including phenoxy) is 2. The number of benzene rings is 2. The van der Waals surface area contributed by atoms with E-state index in [1.807, 2.05) is 54.6 Å². The van der Waals surface area contributed by atoms with Gasteiger partial charge in [0.1, 0.15) is 23.6 Å². The van der Waals surface area contributed by atoms with E-state index >= 15 is 0 Å². The van der Waals surface area contributed by atoms with E-state index in [0.717, 1.165) is 22.2 Å². The minimum absolute atomic E-state index is 0.218. The number of nitrogens with one attached hydrogen (secondary N) is 2. The fourth-order valence-corrected chi connectivity index (χ4v) is 2.80. The second kappa shape index (κ2) is 9.43. The number of aromatic nitrogens is 1. The van der Waals surface area contributed by atoms with Crippen LogP contribution in [-0.2, 0) is 6.42 Å². The van der Waals surface area contributed by atoms with Gasteiger partial charge in [0.05, 0.1) is 13.7 Å². The number of rotatable bonds is 8. The third kappa shape index (κ3) is 5.10. The molecule has 0 unspecified atom stereocenters. The van der Waals surface area contributed by atoms with Crippen molar-refractivity contribution < 1.29 is 14.3 Å². The zero-order valence-corrected chi connectivity index (χ0v) is 15.3. The second-order valence-electron chi connectivity index (χ2n) is 5.92. The Morgan fingerprint density at radius 2 is 1.74 bits per heavy atom. The van der Waals surface area contributed by atoms with Crippen molar-refractivity contribution >= 4 is 16.9 Å². The molecule has 6 nitrogen and oxygen atoms in total. The zero-order chi connectivity index (χ0) is 18.9. The average Bonchev–Trinajstić information content (AvgIpc) is 2.71. The number of hydrogen-bond acceptors (Lipinski definition) is 4. The molecule has 0 bridgehead atoms. The van der Waals surface area contributed by atoms with Crippen LogP contribution in [0.5, 0.6) is 11.5 Å². The van der Waals surface area contributed by atoms with Gasteiger partial charge in [-0.25, -0.2) is 4.79 Å². The molecule has 1 aromatic heterocycles. The molecule has 0 radical (unpaired) electrons. The number of para-hydroxylation sites is 2. The Hall–Kier alpha value is -3.28. The van der Waals surface area contributed by atoms with Crippen molar-refractivity contribution in [2.45, 2.75) is 6.42 Å². The van der Waals surface area contributed by atoms with Crippen LogP contribution in [0.4, 0.5) is 4.79 Å². The number of methoxy groups -OCH3 is 1. The average molecular weight is 365 g/mol. The van der Waals surface area contributed by atoms with Gasteiger partial charge in [-0.2, -0.15) is 0 Å². The van der Waals surface area contributed by atoms with Crippen molar-refractivity contribution in [1.82, 2.24) is 15.6 Å². The fourth-order valence-electron chi connectivity index (χ4n) is 2.80. The summed E-state index contributed by atoms with van der Waals surface area (Å²) in [6, 6.07) is 17.2. The normalized spacial score (nSPS) is 10.4. The van der Waals surface area contributed by atoms with Crippen LogP contribution in [0.2, 0.25) is 0 Å². The van der Waals surface area contributed by atoms with Crippen molar-refractivity contribution in [3.8, 4) is 11.5 Å². The first-order valence-electron chi connectivity index (χ1n) is 8.88. The summed E-state index contributed by atoms with van der Waals surface area (Å²) >= 11 is 0. The number of pyridine rings is 1. The highest BCUT2D eigenvalue weighted by Gasteiger charge is 2.05. The number of carbonyl (C=O) groups excluding carboxylic acids is 1. The predicted octanol–water partition coefficient (Wildman–Crippen LogP) is 3.16. The van der Waals surface area contributed by atoms with Crippen molar-refractivity contribution in [2.75, 3.05) is 26.8 Å². The topological polar surface area (TPSA) is 72.5 Å². The Kier molecular flexibility index (Phi) is 6.46. The first-order valence-corrected chi connectivity index (χ1v) is 8.88. The summed E-state index contributed by atoms with van der Waals surface area (Å²) < 4.78 is 11.1. The molecule has 0 saturated carbocycles. The molecular weight excluding hydrogens is 342 g/mol. The van der Waals surface area contributed by atoms with Crippen LogP contribution >= 0.6 is 0 Å². The number of carbonyl (C=O) groups is 1. The molecule has 6 heteroatoms. The molecule has 3 rings (SSSR count). The minimum Gasteiger partial charge on any atom is -0.496 e. The van der Waals surface area contributed by atoms with Gasteiger partial charge in [0.15, 0.2) is 0 Å². The quantitative estimate of drug-likeness (QED) is 0.602. The lowest BCUT2D eigenvalue weighted by Gasteiger charge is -2.11. The van der Waals surface area contributed by atoms with Gasteiger partial charge in [-0.15, -0.1) is 0 Å². The van der Waals surface area contributed by atoms with Gasteiger partial charge in [0.25, 0.3) is 0 Å². The van der Waals surface area contributed by atoms with Crippen molar-refractivity contribution in [3.63, 3.8) is 0 Å². The summed E-state index contributed by atoms with van der Waals surface area (Å²) in [6.07, 6.45) is 2.44. The number of hydrogen-bond donors (Lipinski definition) is 2. The Labute approximate surface area is 158 Å². The van der Waals surface area contributed by atoms with E-state index < -0.39 is 0 Å². The van der Waals surface area contributed by atoms with Crippen LogP contribution in [0.25, 0.3) is 10.9 Å². The van der Waals surface area contributed by atoms with Crippen molar-refractivity contribution in [3.05, 3.63) is 66.4 Å². The van der Waals surface area contributed by atoms with Gasteiger partial charge in [-0.1, -0.05) is 36.4 Å². The molecule has 1 heterocycles. The highest BCUT2D eigenvalue weighted by molar-refractivity contribution is 5.84. The van der Waals surface area contributed by atoms with Gasteiger partial charge in [-0.3, -0.25) is 4.98 Å². The smallest absolute Gasteiger partial charge is 0.314 e. The molecule has 140 valence electrons. The summed E-state index contributed by atoms with van der Waals surface area (Å²) in [6.45, 7) is 1.31. The lowest BCUT2D eigenvalue weighted by Crippen LogP contribution is -2.38. The van der Waals surface area contributed by atoms with Gasteiger partial charge in [0, 0.05) is 18.1 Å². The Morgan fingerprint density at radius 1 is 0.963 bits per heavy atom. The van der Waals surface area contributed by atoms with Gasteiger partial charge >= 0.3 is 6.03 Å². The van der Waals surface area contributed by atoms with E-state index in [9.17, 15) is 4.79 Å². The number of amides is 2. The monoisotopic (exact) mass is 365 g/mol. The lowest BCUT2D eigenvalue weighted by atomic mass is 10.1. The summed E-state index contributed by atoms with van der Waals surface area (Å²) in [5, 5.41) is 6.65. The van der Waals surface area contributed by atoms with E-state index in [4.69, 9.17) is 9.47 Å². The van der Waals surface area contributed by atoms with Crippen molar-refractivity contribution in [2.24, 2.45) is 0 Å². The predicted molar refractivity (Wildman–Crippen MR) is 105 cm³/mol. The standard InChI is InChI=1S/C21H23N3O3/c1-26-18-9-3-2-6-16(18)11-13-23-21(25)24-14-15-27-19-10-4-7-17-8-5-12-22-20(17)19/h2-10,12H,11,13-15H2,1H3,(H2,23,24,25). The first kappa shape index (κ1) is 18.5. The van der Waals surface area contributed by atoms with Crippen LogP contribution in [0.15, 0.2) is 60.8 Å². The van der Waals surface area contributed by atoms with Crippen LogP contribution in [0.1, 0.15) is 5.56 Å². The van der Waals surface area contributed by atoms with Gasteiger partial charge < -0.3 is 20.1 Å². The maximum Gasteiger partial charge on any atom is 0.314 e. The van der Waals surface area contributed by atoms with Crippen LogP contribution in [0, 0.1) is 0 Å². The first-order chi connectivity index (χ1) is 13.3. The third-order valence-corrected chi connectivity index (χ3v) is 4.11. The molecule has 2 amide bonds.